The van der Waals surface area contributed by atoms with Crippen LogP contribution in [0, 0.1) is 0 Å². The van der Waals surface area contributed by atoms with Crippen LogP contribution in [0.3, 0.4) is 0 Å². The summed E-state index contributed by atoms with van der Waals surface area (Å²) in [7, 11) is 0. The molecular formula is C16H24N2O2. The van der Waals surface area contributed by atoms with E-state index < -0.39 is 5.60 Å². The van der Waals surface area contributed by atoms with Gasteiger partial charge in [-0.25, -0.2) is 0 Å². The molecule has 0 aliphatic carbocycles. The minimum Gasteiger partial charge on any atom is -0.389 e. The van der Waals surface area contributed by atoms with Crippen LogP contribution in [0.15, 0.2) is 24.3 Å². The third kappa shape index (κ3) is 3.81. The standard InChI is InChI=1S/C16H24N2O2/c1-3-10-16(2,20)11-17-14-9-8-12-6-4-5-7-13(12)18-15(14)19/h4-7,14,17,20H,3,8-11H2,1-2H3,(H,18,19). The first-order valence-corrected chi connectivity index (χ1v) is 7.36. The Balaban J connectivity index is 1.97. The highest BCUT2D eigenvalue weighted by molar-refractivity contribution is 5.96. The first-order chi connectivity index (χ1) is 9.52. The Morgan fingerprint density at radius 2 is 2.20 bits per heavy atom. The van der Waals surface area contributed by atoms with Crippen LogP contribution in [0.4, 0.5) is 5.69 Å². The van der Waals surface area contributed by atoms with Gasteiger partial charge in [-0.15, -0.1) is 0 Å². The predicted octanol–water partition coefficient (Wildman–Crippen LogP) is 2.08. The highest BCUT2D eigenvalue weighted by Gasteiger charge is 2.26. The number of hydrogen-bond donors (Lipinski definition) is 3. The lowest BCUT2D eigenvalue weighted by Crippen LogP contribution is -2.47. The SMILES string of the molecule is CCCC(C)(O)CNC1CCc2ccccc2NC1=O. The summed E-state index contributed by atoms with van der Waals surface area (Å²) < 4.78 is 0. The topological polar surface area (TPSA) is 61.4 Å². The lowest BCUT2D eigenvalue weighted by Gasteiger charge is -2.26. The maximum absolute atomic E-state index is 12.2. The van der Waals surface area contributed by atoms with Crippen LogP contribution in [0.25, 0.3) is 0 Å². The number of anilines is 1. The molecule has 1 aromatic carbocycles. The summed E-state index contributed by atoms with van der Waals surface area (Å²) in [5.74, 6) is -0.0118. The number of aryl methyl sites for hydroxylation is 1. The number of nitrogens with one attached hydrogen (secondary N) is 2. The second kappa shape index (κ2) is 6.37. The summed E-state index contributed by atoms with van der Waals surface area (Å²) >= 11 is 0. The maximum Gasteiger partial charge on any atom is 0.241 e. The van der Waals surface area contributed by atoms with Crippen LogP contribution >= 0.6 is 0 Å². The van der Waals surface area contributed by atoms with Gasteiger partial charge >= 0.3 is 0 Å². The van der Waals surface area contributed by atoms with Gasteiger partial charge in [-0.05, 0) is 37.8 Å². The van der Waals surface area contributed by atoms with Crippen LogP contribution in [0.5, 0.6) is 0 Å². The molecule has 0 saturated carbocycles. The largest absolute Gasteiger partial charge is 0.389 e. The smallest absolute Gasteiger partial charge is 0.241 e. The minimum absolute atomic E-state index is 0.0118. The van der Waals surface area contributed by atoms with E-state index in [2.05, 4.69) is 10.6 Å². The Kier molecular flexibility index (Phi) is 4.78. The van der Waals surface area contributed by atoms with Gasteiger partial charge in [0, 0.05) is 12.2 Å². The molecule has 0 radical (unpaired) electrons. The quantitative estimate of drug-likeness (QED) is 0.771. The Morgan fingerprint density at radius 3 is 2.95 bits per heavy atom. The number of amides is 1. The Labute approximate surface area is 120 Å². The molecule has 4 heteroatoms. The van der Waals surface area contributed by atoms with Gasteiger partial charge in [0.1, 0.15) is 0 Å². The van der Waals surface area contributed by atoms with Crippen molar-refractivity contribution in [2.75, 3.05) is 11.9 Å². The van der Waals surface area contributed by atoms with Crippen LogP contribution in [0.2, 0.25) is 0 Å². The van der Waals surface area contributed by atoms with E-state index in [-0.39, 0.29) is 11.9 Å². The lowest BCUT2D eigenvalue weighted by atomic mass is 9.99. The van der Waals surface area contributed by atoms with Crippen molar-refractivity contribution in [3.05, 3.63) is 29.8 Å². The average Bonchev–Trinajstić information content (AvgIpc) is 2.55. The van der Waals surface area contributed by atoms with Crippen LogP contribution < -0.4 is 10.6 Å². The molecule has 3 N–H and O–H groups in total. The van der Waals surface area contributed by atoms with Gasteiger partial charge in [0.05, 0.1) is 11.6 Å². The zero-order valence-electron chi connectivity index (χ0n) is 12.3. The van der Waals surface area contributed by atoms with E-state index in [0.29, 0.717) is 6.54 Å². The van der Waals surface area contributed by atoms with E-state index in [4.69, 9.17) is 0 Å². The molecule has 110 valence electrons. The molecule has 20 heavy (non-hydrogen) atoms. The highest BCUT2D eigenvalue weighted by Crippen LogP contribution is 2.21. The first-order valence-electron chi connectivity index (χ1n) is 7.36. The van der Waals surface area contributed by atoms with E-state index in [9.17, 15) is 9.90 Å². The number of fused-ring (bicyclic) bond motifs is 1. The van der Waals surface area contributed by atoms with E-state index in [1.807, 2.05) is 38.1 Å². The van der Waals surface area contributed by atoms with Crippen LogP contribution in [-0.4, -0.2) is 29.2 Å². The fourth-order valence-corrected chi connectivity index (χ4v) is 2.68. The number of para-hydroxylation sites is 1. The summed E-state index contributed by atoms with van der Waals surface area (Å²) in [6.45, 7) is 4.30. The van der Waals surface area contributed by atoms with Crippen molar-refractivity contribution in [3.63, 3.8) is 0 Å². The number of carbonyl (C=O) groups is 1. The van der Waals surface area contributed by atoms with Crippen molar-refractivity contribution in [1.29, 1.82) is 0 Å². The molecule has 1 aliphatic heterocycles. The van der Waals surface area contributed by atoms with Gasteiger partial charge in [0.15, 0.2) is 0 Å². The molecule has 1 aliphatic rings. The van der Waals surface area contributed by atoms with Crippen LogP contribution in [-0.2, 0) is 11.2 Å². The van der Waals surface area contributed by atoms with Crippen molar-refractivity contribution >= 4 is 11.6 Å². The third-order valence-corrected chi connectivity index (χ3v) is 3.81. The summed E-state index contributed by atoms with van der Waals surface area (Å²) in [5.41, 5.74) is 1.32. The van der Waals surface area contributed by atoms with Gasteiger partial charge < -0.3 is 15.7 Å². The first kappa shape index (κ1) is 15.0. The molecule has 2 rings (SSSR count). The Hall–Kier alpha value is -1.39. The molecule has 1 heterocycles. The third-order valence-electron chi connectivity index (χ3n) is 3.81. The molecule has 0 saturated heterocycles. The molecule has 4 nitrogen and oxygen atoms in total. The van der Waals surface area contributed by atoms with Crippen molar-refractivity contribution in [2.24, 2.45) is 0 Å². The maximum atomic E-state index is 12.2. The summed E-state index contributed by atoms with van der Waals surface area (Å²) in [6.07, 6.45) is 3.28. The van der Waals surface area contributed by atoms with E-state index in [0.717, 1.165) is 31.4 Å². The fourth-order valence-electron chi connectivity index (χ4n) is 2.68. The van der Waals surface area contributed by atoms with Crippen molar-refractivity contribution in [3.8, 4) is 0 Å². The van der Waals surface area contributed by atoms with Gasteiger partial charge in [-0.2, -0.15) is 0 Å². The minimum atomic E-state index is -0.756. The zero-order valence-corrected chi connectivity index (χ0v) is 12.3. The summed E-state index contributed by atoms with van der Waals surface area (Å²) in [4.78, 5) is 12.2. The Morgan fingerprint density at radius 1 is 1.45 bits per heavy atom. The molecule has 1 amide bonds. The molecule has 0 fully saturated rings. The van der Waals surface area contributed by atoms with Gasteiger partial charge in [0.25, 0.3) is 0 Å². The van der Waals surface area contributed by atoms with Gasteiger partial charge in [-0.3, -0.25) is 4.79 Å². The second-order valence-corrected chi connectivity index (χ2v) is 5.87. The monoisotopic (exact) mass is 276 g/mol. The summed E-state index contributed by atoms with van der Waals surface area (Å²) in [5, 5.41) is 16.3. The van der Waals surface area contributed by atoms with Crippen molar-refractivity contribution in [2.45, 2.75) is 51.2 Å². The molecule has 0 bridgehead atoms. The van der Waals surface area contributed by atoms with Gasteiger partial charge in [-0.1, -0.05) is 31.5 Å². The number of hydrogen-bond acceptors (Lipinski definition) is 3. The molecule has 1 aromatic rings. The lowest BCUT2D eigenvalue weighted by molar-refractivity contribution is -0.118. The predicted molar refractivity (Wildman–Crippen MR) is 80.7 cm³/mol. The van der Waals surface area contributed by atoms with Crippen molar-refractivity contribution in [1.82, 2.24) is 5.32 Å². The Bertz CT molecular complexity index is 471. The van der Waals surface area contributed by atoms with Gasteiger partial charge in [0.2, 0.25) is 5.91 Å². The molecule has 2 unspecified atom stereocenters. The fraction of sp³-hybridized carbons (Fsp3) is 0.562. The highest BCUT2D eigenvalue weighted by atomic mass is 16.3. The number of aliphatic hydroxyl groups is 1. The van der Waals surface area contributed by atoms with Crippen LogP contribution in [0.1, 0.15) is 38.7 Å². The van der Waals surface area contributed by atoms with E-state index in [1.165, 1.54) is 5.56 Å². The second-order valence-electron chi connectivity index (χ2n) is 5.87. The number of carbonyl (C=O) groups excluding carboxylic acids is 1. The molecule has 0 spiro atoms. The van der Waals surface area contributed by atoms with E-state index in [1.54, 1.807) is 0 Å². The van der Waals surface area contributed by atoms with Crippen molar-refractivity contribution < 1.29 is 9.90 Å². The summed E-state index contributed by atoms with van der Waals surface area (Å²) in [6, 6.07) is 7.66. The molecule has 2 atom stereocenters. The molecule has 0 aromatic heterocycles. The number of benzene rings is 1. The zero-order chi connectivity index (χ0) is 14.6. The van der Waals surface area contributed by atoms with E-state index >= 15 is 0 Å². The average molecular weight is 276 g/mol. The normalized spacial score (nSPS) is 21.6. The number of rotatable bonds is 5. The molecular weight excluding hydrogens is 252 g/mol.